The molecular formula is C18H20N6O2. The highest BCUT2D eigenvalue weighted by Crippen LogP contribution is 2.22. The van der Waals surface area contributed by atoms with Crippen molar-refractivity contribution >= 4 is 22.9 Å². The van der Waals surface area contributed by atoms with Crippen molar-refractivity contribution in [1.82, 2.24) is 25.1 Å². The zero-order valence-corrected chi connectivity index (χ0v) is 14.2. The number of hydrogen-bond acceptors (Lipinski definition) is 5. The lowest BCUT2D eigenvalue weighted by atomic mass is 9.91. The predicted octanol–water partition coefficient (Wildman–Crippen LogP) is 2.81. The molecule has 0 saturated heterocycles. The molecule has 0 radical (unpaired) electrons. The first-order valence-corrected chi connectivity index (χ1v) is 8.71. The van der Waals surface area contributed by atoms with E-state index in [1.807, 2.05) is 36.5 Å². The molecular weight excluding hydrogens is 332 g/mol. The normalized spacial score (nSPS) is 20.0. The lowest BCUT2D eigenvalue weighted by Gasteiger charge is -2.28. The summed E-state index contributed by atoms with van der Waals surface area (Å²) in [6, 6.07) is 10.1. The monoisotopic (exact) mass is 352 g/mol. The highest BCUT2D eigenvalue weighted by atomic mass is 16.4. The summed E-state index contributed by atoms with van der Waals surface area (Å²) in [5, 5.41) is 20.2. The topological polar surface area (TPSA) is 105 Å². The number of carboxylic acid groups (broad SMARTS) is 1. The molecule has 8 nitrogen and oxygen atoms in total. The highest BCUT2D eigenvalue weighted by Gasteiger charge is 2.22. The molecule has 1 aromatic carbocycles. The standard InChI is InChI=1S/C18H20N6O2/c25-18(26)22-14-7-5-13(6-8-14)21-17-19-10-9-16(23-17)24-15-4-2-1-3-12(15)11-20-24/h1-4,9-11,13-14,22H,5-8H2,(H,25,26)(H,19,21,23). The Morgan fingerprint density at radius 3 is 2.69 bits per heavy atom. The minimum Gasteiger partial charge on any atom is -0.465 e. The van der Waals surface area contributed by atoms with Gasteiger partial charge in [-0.15, -0.1) is 0 Å². The van der Waals surface area contributed by atoms with Crippen molar-refractivity contribution in [2.45, 2.75) is 37.8 Å². The predicted molar refractivity (Wildman–Crippen MR) is 97.5 cm³/mol. The summed E-state index contributed by atoms with van der Waals surface area (Å²) in [4.78, 5) is 19.6. The van der Waals surface area contributed by atoms with E-state index in [1.54, 1.807) is 10.9 Å². The number of benzene rings is 1. The summed E-state index contributed by atoms with van der Waals surface area (Å²) in [5.41, 5.74) is 0.998. The van der Waals surface area contributed by atoms with E-state index in [0.717, 1.165) is 36.6 Å². The van der Waals surface area contributed by atoms with Crippen LogP contribution in [0.15, 0.2) is 42.7 Å². The summed E-state index contributed by atoms with van der Waals surface area (Å²) in [7, 11) is 0. The minimum absolute atomic E-state index is 0.0354. The Balaban J connectivity index is 1.46. The number of nitrogens with zero attached hydrogens (tertiary/aromatic N) is 4. The van der Waals surface area contributed by atoms with E-state index in [1.165, 1.54) is 0 Å². The molecule has 0 atom stereocenters. The van der Waals surface area contributed by atoms with Crippen molar-refractivity contribution in [3.05, 3.63) is 42.7 Å². The molecule has 0 aliphatic heterocycles. The van der Waals surface area contributed by atoms with Gasteiger partial charge < -0.3 is 15.7 Å². The fourth-order valence-corrected chi connectivity index (χ4v) is 3.43. The van der Waals surface area contributed by atoms with Crippen LogP contribution < -0.4 is 10.6 Å². The average Bonchev–Trinajstić information content (AvgIpc) is 3.07. The van der Waals surface area contributed by atoms with Gasteiger partial charge in [0.15, 0.2) is 5.82 Å². The second-order valence-corrected chi connectivity index (χ2v) is 6.50. The molecule has 2 aromatic heterocycles. The van der Waals surface area contributed by atoms with Gasteiger partial charge in [0.05, 0.1) is 11.7 Å². The van der Waals surface area contributed by atoms with Gasteiger partial charge in [-0.3, -0.25) is 0 Å². The van der Waals surface area contributed by atoms with E-state index in [2.05, 4.69) is 25.7 Å². The Labute approximate surface area is 150 Å². The van der Waals surface area contributed by atoms with Gasteiger partial charge in [-0.25, -0.2) is 14.5 Å². The number of hydrogen-bond donors (Lipinski definition) is 3. The first-order chi connectivity index (χ1) is 12.7. The molecule has 1 amide bonds. The summed E-state index contributed by atoms with van der Waals surface area (Å²) >= 11 is 0. The largest absolute Gasteiger partial charge is 0.465 e. The van der Waals surface area contributed by atoms with E-state index < -0.39 is 6.09 Å². The van der Waals surface area contributed by atoms with Gasteiger partial charge in [0, 0.05) is 29.7 Å². The van der Waals surface area contributed by atoms with E-state index >= 15 is 0 Å². The average molecular weight is 352 g/mol. The third-order valence-corrected chi connectivity index (χ3v) is 4.72. The molecule has 0 bridgehead atoms. The number of fused-ring (bicyclic) bond motifs is 1. The molecule has 26 heavy (non-hydrogen) atoms. The molecule has 1 aliphatic rings. The molecule has 3 N–H and O–H groups in total. The molecule has 1 saturated carbocycles. The first kappa shape index (κ1) is 16.3. The zero-order chi connectivity index (χ0) is 17.9. The number of nitrogens with one attached hydrogen (secondary N) is 2. The van der Waals surface area contributed by atoms with Crippen LogP contribution in [0.4, 0.5) is 10.7 Å². The Morgan fingerprint density at radius 1 is 1.12 bits per heavy atom. The van der Waals surface area contributed by atoms with Crippen LogP contribution >= 0.6 is 0 Å². The first-order valence-electron chi connectivity index (χ1n) is 8.71. The van der Waals surface area contributed by atoms with Gasteiger partial charge in [-0.1, -0.05) is 18.2 Å². The molecule has 134 valence electrons. The van der Waals surface area contributed by atoms with Crippen molar-refractivity contribution in [3.63, 3.8) is 0 Å². The molecule has 1 fully saturated rings. The molecule has 0 spiro atoms. The maximum Gasteiger partial charge on any atom is 0.404 e. The van der Waals surface area contributed by atoms with E-state index in [0.29, 0.717) is 11.8 Å². The van der Waals surface area contributed by atoms with Gasteiger partial charge in [0.25, 0.3) is 0 Å². The van der Waals surface area contributed by atoms with Crippen molar-refractivity contribution in [3.8, 4) is 5.82 Å². The number of rotatable bonds is 4. The van der Waals surface area contributed by atoms with Crippen molar-refractivity contribution < 1.29 is 9.90 Å². The maximum atomic E-state index is 10.7. The van der Waals surface area contributed by atoms with Crippen molar-refractivity contribution in [2.24, 2.45) is 0 Å². The lowest BCUT2D eigenvalue weighted by molar-refractivity contribution is 0.185. The second-order valence-electron chi connectivity index (χ2n) is 6.50. The summed E-state index contributed by atoms with van der Waals surface area (Å²) < 4.78 is 1.80. The minimum atomic E-state index is -0.955. The zero-order valence-electron chi connectivity index (χ0n) is 14.2. The van der Waals surface area contributed by atoms with Gasteiger partial charge in [-0.05, 0) is 31.7 Å². The SMILES string of the molecule is O=C(O)NC1CCC(Nc2nccc(-n3ncc4ccccc43)n2)CC1. The third-order valence-electron chi connectivity index (χ3n) is 4.72. The summed E-state index contributed by atoms with van der Waals surface area (Å²) in [5.74, 6) is 1.28. The fourth-order valence-electron chi connectivity index (χ4n) is 3.43. The Morgan fingerprint density at radius 2 is 1.88 bits per heavy atom. The molecule has 2 heterocycles. The van der Waals surface area contributed by atoms with Crippen LogP contribution in [0.1, 0.15) is 25.7 Å². The van der Waals surface area contributed by atoms with Crippen LogP contribution in [0.5, 0.6) is 0 Å². The molecule has 4 rings (SSSR count). The van der Waals surface area contributed by atoms with E-state index in [-0.39, 0.29) is 12.1 Å². The number of carbonyl (C=O) groups is 1. The molecule has 8 heteroatoms. The van der Waals surface area contributed by atoms with Gasteiger partial charge in [0.2, 0.25) is 5.95 Å². The summed E-state index contributed by atoms with van der Waals surface area (Å²) in [6.07, 6.45) is 5.97. The Bertz CT molecular complexity index is 917. The van der Waals surface area contributed by atoms with Crippen LogP contribution in [0.2, 0.25) is 0 Å². The number of para-hydroxylation sites is 1. The highest BCUT2D eigenvalue weighted by molar-refractivity contribution is 5.79. The van der Waals surface area contributed by atoms with E-state index in [4.69, 9.17) is 5.11 Å². The van der Waals surface area contributed by atoms with Crippen molar-refractivity contribution in [2.75, 3.05) is 5.32 Å². The smallest absolute Gasteiger partial charge is 0.404 e. The van der Waals surface area contributed by atoms with Crippen LogP contribution in [0, 0.1) is 0 Å². The summed E-state index contributed by atoms with van der Waals surface area (Å²) in [6.45, 7) is 0. The Kier molecular flexibility index (Phi) is 4.39. The lowest BCUT2D eigenvalue weighted by Crippen LogP contribution is -2.39. The van der Waals surface area contributed by atoms with Gasteiger partial charge >= 0.3 is 6.09 Å². The van der Waals surface area contributed by atoms with Crippen LogP contribution in [-0.4, -0.2) is 43.0 Å². The molecule has 3 aromatic rings. The number of anilines is 1. The Hall–Kier alpha value is -3.16. The van der Waals surface area contributed by atoms with Gasteiger partial charge in [0.1, 0.15) is 0 Å². The third kappa shape index (κ3) is 3.44. The van der Waals surface area contributed by atoms with Crippen LogP contribution in [0.3, 0.4) is 0 Å². The molecule has 0 unspecified atom stereocenters. The molecule has 1 aliphatic carbocycles. The fraction of sp³-hybridized carbons (Fsp3) is 0.333. The number of aromatic nitrogens is 4. The van der Waals surface area contributed by atoms with Crippen molar-refractivity contribution in [1.29, 1.82) is 0 Å². The maximum absolute atomic E-state index is 10.7. The van der Waals surface area contributed by atoms with Gasteiger partial charge in [-0.2, -0.15) is 10.1 Å². The number of amides is 1. The van der Waals surface area contributed by atoms with E-state index in [9.17, 15) is 4.79 Å². The second kappa shape index (κ2) is 6.99. The quantitative estimate of drug-likeness (QED) is 0.667. The van der Waals surface area contributed by atoms with Crippen LogP contribution in [-0.2, 0) is 0 Å². The van der Waals surface area contributed by atoms with Crippen LogP contribution in [0.25, 0.3) is 16.7 Å².